The second-order valence-corrected chi connectivity index (χ2v) is 7.55. The Morgan fingerprint density at radius 2 is 2.14 bits per heavy atom. The van der Waals surface area contributed by atoms with Crippen LogP contribution in [0.1, 0.15) is 24.0 Å². The van der Waals surface area contributed by atoms with Gasteiger partial charge in [0.15, 0.2) is 0 Å². The first kappa shape index (κ1) is 19.4. The number of aryl methyl sites for hydroxylation is 1. The average molecular weight is 397 g/mol. The largest absolute Gasteiger partial charge is 0.399 e. The van der Waals surface area contributed by atoms with Crippen molar-refractivity contribution in [1.82, 2.24) is 0 Å². The lowest BCUT2D eigenvalue weighted by atomic mass is 10.1. The minimum Gasteiger partial charge on any atom is -0.399 e. The van der Waals surface area contributed by atoms with Crippen LogP contribution in [0.4, 0.5) is 21.5 Å². The van der Waals surface area contributed by atoms with Gasteiger partial charge >= 0.3 is 11.8 Å². The minimum absolute atomic E-state index is 0.0391. The maximum Gasteiger partial charge on any atom is 0.317 e. The van der Waals surface area contributed by atoms with E-state index >= 15 is 0 Å². The Morgan fingerprint density at radius 3 is 2.86 bits per heavy atom. The molecule has 1 fully saturated rings. The van der Waals surface area contributed by atoms with E-state index in [9.17, 15) is 14.0 Å². The second kappa shape index (κ2) is 7.83. The van der Waals surface area contributed by atoms with Crippen LogP contribution in [0.15, 0.2) is 36.4 Å². The van der Waals surface area contributed by atoms with Crippen molar-refractivity contribution in [2.45, 2.75) is 32.3 Å². The standard InChI is InChI=1S/C22H24FN3O3/c1-14-4-2-5-15-9-10-25(20(14)15)21(27)22(28)26(13-17-6-3-11-29-17)19-8-7-16(24)12-18(19)23/h2,4-5,7-8,12,17H,3,6,9-11,13,24H2,1H3/t17-/m1/s1. The Hall–Kier alpha value is -2.93. The highest BCUT2D eigenvalue weighted by molar-refractivity contribution is 6.45. The van der Waals surface area contributed by atoms with Crippen molar-refractivity contribution in [3.05, 3.63) is 53.3 Å². The molecule has 0 aromatic heterocycles. The number of halogens is 1. The van der Waals surface area contributed by atoms with E-state index in [2.05, 4.69) is 0 Å². The number of anilines is 3. The topological polar surface area (TPSA) is 75.9 Å². The van der Waals surface area contributed by atoms with Crippen LogP contribution in [0, 0.1) is 12.7 Å². The van der Waals surface area contributed by atoms with Crippen molar-refractivity contribution < 1.29 is 18.7 Å². The SMILES string of the molecule is Cc1cccc2c1N(C(=O)C(=O)N(C[C@H]1CCCO1)c1ccc(N)cc1F)CC2. The summed E-state index contributed by atoms with van der Waals surface area (Å²) in [6, 6.07) is 9.94. The van der Waals surface area contributed by atoms with E-state index in [1.54, 1.807) is 0 Å². The lowest BCUT2D eigenvalue weighted by Crippen LogP contribution is -2.48. The number of carbonyl (C=O) groups is 2. The van der Waals surface area contributed by atoms with Crippen LogP contribution in [0.5, 0.6) is 0 Å². The first-order chi connectivity index (χ1) is 14.0. The van der Waals surface area contributed by atoms with Crippen LogP contribution in [-0.2, 0) is 20.7 Å². The lowest BCUT2D eigenvalue weighted by Gasteiger charge is -2.28. The molecule has 0 radical (unpaired) electrons. The van der Waals surface area contributed by atoms with Gasteiger partial charge in [-0.25, -0.2) is 4.39 Å². The fourth-order valence-corrected chi connectivity index (χ4v) is 4.11. The van der Waals surface area contributed by atoms with Gasteiger partial charge in [-0.05, 0) is 55.5 Å². The third-order valence-corrected chi connectivity index (χ3v) is 5.54. The van der Waals surface area contributed by atoms with Gasteiger partial charge < -0.3 is 15.4 Å². The monoisotopic (exact) mass is 397 g/mol. The molecule has 2 aromatic carbocycles. The smallest absolute Gasteiger partial charge is 0.317 e. The third kappa shape index (κ3) is 3.70. The molecule has 2 aliphatic heterocycles. The quantitative estimate of drug-likeness (QED) is 0.638. The molecular weight excluding hydrogens is 373 g/mol. The van der Waals surface area contributed by atoms with Gasteiger partial charge in [-0.1, -0.05) is 18.2 Å². The Labute approximate surface area is 169 Å². The first-order valence-electron chi connectivity index (χ1n) is 9.84. The van der Waals surface area contributed by atoms with Gasteiger partial charge in [0, 0.05) is 18.8 Å². The molecule has 6 nitrogen and oxygen atoms in total. The minimum atomic E-state index is -0.764. The van der Waals surface area contributed by atoms with Crippen molar-refractivity contribution in [3.8, 4) is 0 Å². The molecule has 2 heterocycles. The van der Waals surface area contributed by atoms with Gasteiger partial charge in [-0.2, -0.15) is 0 Å². The summed E-state index contributed by atoms with van der Waals surface area (Å²) in [5.74, 6) is -2.06. The number of benzene rings is 2. The van der Waals surface area contributed by atoms with E-state index in [1.165, 1.54) is 21.9 Å². The number of carbonyl (C=O) groups excluding carboxylic acids is 2. The van der Waals surface area contributed by atoms with Crippen molar-refractivity contribution in [1.29, 1.82) is 0 Å². The van der Waals surface area contributed by atoms with E-state index in [0.717, 1.165) is 35.7 Å². The van der Waals surface area contributed by atoms with Crippen LogP contribution in [0.3, 0.4) is 0 Å². The molecule has 7 heteroatoms. The van der Waals surface area contributed by atoms with E-state index in [1.807, 2.05) is 25.1 Å². The zero-order valence-electron chi connectivity index (χ0n) is 16.4. The molecule has 0 saturated carbocycles. The number of fused-ring (bicyclic) bond motifs is 1. The van der Waals surface area contributed by atoms with Crippen LogP contribution in [0.25, 0.3) is 0 Å². The Balaban J connectivity index is 1.65. The number of nitrogens with two attached hydrogens (primary N) is 1. The molecule has 0 unspecified atom stereocenters. The number of amides is 2. The molecule has 0 spiro atoms. The van der Waals surface area contributed by atoms with Gasteiger partial charge in [-0.15, -0.1) is 0 Å². The van der Waals surface area contributed by atoms with Gasteiger partial charge in [0.05, 0.1) is 24.0 Å². The van der Waals surface area contributed by atoms with Gasteiger partial charge in [0.1, 0.15) is 5.82 Å². The highest BCUT2D eigenvalue weighted by atomic mass is 19.1. The summed E-state index contributed by atoms with van der Waals surface area (Å²) in [4.78, 5) is 29.1. The number of ether oxygens (including phenoxy) is 1. The summed E-state index contributed by atoms with van der Waals surface area (Å²) in [6.45, 7) is 3.07. The summed E-state index contributed by atoms with van der Waals surface area (Å²) < 4.78 is 20.3. The van der Waals surface area contributed by atoms with Crippen LogP contribution >= 0.6 is 0 Å². The molecule has 4 rings (SSSR count). The highest BCUT2D eigenvalue weighted by Crippen LogP contribution is 2.32. The molecule has 152 valence electrons. The third-order valence-electron chi connectivity index (χ3n) is 5.54. The van der Waals surface area contributed by atoms with E-state index < -0.39 is 17.6 Å². The number of hydrogen-bond donors (Lipinski definition) is 1. The van der Waals surface area contributed by atoms with E-state index in [0.29, 0.717) is 19.6 Å². The summed E-state index contributed by atoms with van der Waals surface area (Å²) >= 11 is 0. The summed E-state index contributed by atoms with van der Waals surface area (Å²) in [6.07, 6.45) is 2.11. The normalized spacial score (nSPS) is 18.0. The fraction of sp³-hybridized carbons (Fsp3) is 0.364. The zero-order chi connectivity index (χ0) is 20.5. The molecule has 2 N–H and O–H groups in total. The van der Waals surface area contributed by atoms with Crippen molar-refractivity contribution in [2.75, 3.05) is 35.2 Å². The molecule has 0 aliphatic carbocycles. The Bertz CT molecular complexity index is 956. The highest BCUT2D eigenvalue weighted by Gasteiger charge is 2.35. The Morgan fingerprint density at radius 1 is 1.31 bits per heavy atom. The van der Waals surface area contributed by atoms with Gasteiger partial charge in [-0.3, -0.25) is 14.5 Å². The average Bonchev–Trinajstić information content (AvgIpc) is 3.36. The zero-order valence-corrected chi connectivity index (χ0v) is 16.4. The summed E-state index contributed by atoms with van der Waals surface area (Å²) in [5.41, 5.74) is 8.70. The molecule has 2 amide bonds. The van der Waals surface area contributed by atoms with Gasteiger partial charge in [0.2, 0.25) is 0 Å². The number of nitrogens with zero attached hydrogens (tertiary/aromatic N) is 2. The van der Waals surface area contributed by atoms with E-state index in [-0.39, 0.29) is 24.0 Å². The number of para-hydroxylation sites is 1. The van der Waals surface area contributed by atoms with Crippen LogP contribution < -0.4 is 15.5 Å². The molecule has 0 bridgehead atoms. The number of nitrogen functional groups attached to an aromatic ring is 1. The van der Waals surface area contributed by atoms with Crippen molar-refractivity contribution in [3.63, 3.8) is 0 Å². The summed E-state index contributed by atoms with van der Waals surface area (Å²) in [5, 5.41) is 0. The molecule has 2 aromatic rings. The lowest BCUT2D eigenvalue weighted by molar-refractivity contribution is -0.136. The second-order valence-electron chi connectivity index (χ2n) is 7.55. The molecule has 1 saturated heterocycles. The first-order valence-corrected chi connectivity index (χ1v) is 9.84. The van der Waals surface area contributed by atoms with Crippen LogP contribution in [-0.4, -0.2) is 37.6 Å². The Kier molecular flexibility index (Phi) is 5.24. The van der Waals surface area contributed by atoms with Gasteiger partial charge in [0.25, 0.3) is 0 Å². The fourth-order valence-electron chi connectivity index (χ4n) is 4.11. The molecule has 1 atom stereocenters. The predicted octanol–water partition coefficient (Wildman–Crippen LogP) is 2.82. The van der Waals surface area contributed by atoms with Crippen molar-refractivity contribution in [2.24, 2.45) is 0 Å². The molecular formula is C22H24FN3O3. The maximum atomic E-state index is 14.6. The van der Waals surface area contributed by atoms with Crippen molar-refractivity contribution >= 4 is 28.9 Å². The van der Waals surface area contributed by atoms with Crippen LogP contribution in [0.2, 0.25) is 0 Å². The predicted molar refractivity (Wildman–Crippen MR) is 109 cm³/mol. The summed E-state index contributed by atoms with van der Waals surface area (Å²) in [7, 11) is 0. The molecule has 29 heavy (non-hydrogen) atoms. The molecule has 2 aliphatic rings. The van der Waals surface area contributed by atoms with E-state index in [4.69, 9.17) is 10.5 Å². The number of hydrogen-bond acceptors (Lipinski definition) is 4. The maximum absolute atomic E-state index is 14.6. The number of rotatable bonds is 3.